The molecule has 0 bridgehead atoms. The van der Waals surface area contributed by atoms with Crippen LogP contribution in [-0.4, -0.2) is 13.2 Å². The molecule has 0 aromatic heterocycles. The lowest BCUT2D eigenvalue weighted by Gasteiger charge is -2.31. The third-order valence-corrected chi connectivity index (χ3v) is 8.85. The van der Waals surface area contributed by atoms with E-state index in [-0.39, 0.29) is 0 Å². The summed E-state index contributed by atoms with van der Waals surface area (Å²) < 4.78 is 13.6. The summed E-state index contributed by atoms with van der Waals surface area (Å²) in [6.07, 6.45) is 18.9. The average molecular weight is 509 g/mol. The second kappa shape index (κ2) is 16.3. The van der Waals surface area contributed by atoms with Gasteiger partial charge in [0.1, 0.15) is 11.5 Å². The van der Waals surface area contributed by atoms with E-state index in [1.807, 2.05) is 0 Å². The first-order valence-corrected chi connectivity index (χ1v) is 16.0. The highest BCUT2D eigenvalue weighted by Crippen LogP contribution is 2.46. The van der Waals surface area contributed by atoms with E-state index in [4.69, 9.17) is 9.47 Å². The second-order valence-corrected chi connectivity index (χ2v) is 11.7. The number of hydrogen-bond acceptors (Lipinski definition) is 2. The smallest absolute Gasteiger partial charge is 0.130 e. The van der Waals surface area contributed by atoms with Crippen LogP contribution in [0.2, 0.25) is 0 Å². The average Bonchev–Trinajstić information content (AvgIpc) is 2.93. The zero-order valence-corrected chi connectivity index (χ0v) is 24.9. The van der Waals surface area contributed by atoms with Crippen molar-refractivity contribution in [2.24, 2.45) is 17.8 Å². The minimum atomic E-state index is 0.637. The molecule has 3 unspecified atom stereocenters. The molecule has 1 aliphatic rings. The van der Waals surface area contributed by atoms with Crippen LogP contribution in [0.4, 0.5) is 0 Å². The molecule has 0 N–H and O–H groups in total. The van der Waals surface area contributed by atoms with Crippen molar-refractivity contribution in [1.29, 1.82) is 0 Å². The summed E-state index contributed by atoms with van der Waals surface area (Å²) in [5.74, 6) is 4.38. The summed E-state index contributed by atoms with van der Waals surface area (Å²) in [6.45, 7) is 13.2. The summed E-state index contributed by atoms with van der Waals surface area (Å²) in [7, 11) is 0. The fourth-order valence-electron chi connectivity index (χ4n) is 6.16. The van der Waals surface area contributed by atoms with Crippen LogP contribution >= 0.6 is 0 Å². The Kier molecular flexibility index (Phi) is 13.2. The van der Waals surface area contributed by atoms with Crippen molar-refractivity contribution < 1.29 is 9.47 Å². The second-order valence-electron chi connectivity index (χ2n) is 11.7. The van der Waals surface area contributed by atoms with Gasteiger partial charge in [-0.25, -0.2) is 0 Å². The molecule has 0 radical (unpaired) electrons. The first-order chi connectivity index (χ1) is 18.2. The molecule has 208 valence electrons. The molecule has 0 saturated heterocycles. The van der Waals surface area contributed by atoms with Crippen LogP contribution in [0.1, 0.15) is 129 Å². The molecule has 2 aromatic carbocycles. The monoisotopic (exact) mass is 508 g/mol. The molecule has 2 nitrogen and oxygen atoms in total. The van der Waals surface area contributed by atoms with E-state index in [0.717, 1.165) is 37.7 Å². The van der Waals surface area contributed by atoms with Crippen LogP contribution in [0.5, 0.6) is 11.5 Å². The fourth-order valence-corrected chi connectivity index (χ4v) is 6.16. The molecule has 37 heavy (non-hydrogen) atoms. The number of unbranched alkanes of at least 4 members (excludes halogenated alkanes) is 4. The Morgan fingerprint density at radius 2 is 1.24 bits per heavy atom. The van der Waals surface area contributed by atoms with Crippen LogP contribution in [0.15, 0.2) is 24.3 Å². The van der Waals surface area contributed by atoms with E-state index < -0.39 is 0 Å². The maximum Gasteiger partial charge on any atom is 0.130 e. The predicted octanol–water partition coefficient (Wildman–Crippen LogP) is 10.7. The van der Waals surface area contributed by atoms with Gasteiger partial charge in [0, 0.05) is 21.9 Å². The summed E-state index contributed by atoms with van der Waals surface area (Å²) in [6, 6.07) is 8.90. The Hall–Kier alpha value is -1.70. The Balaban J connectivity index is 1.96. The highest BCUT2D eigenvalue weighted by atomic mass is 16.5. The first kappa shape index (κ1) is 29.9. The summed E-state index contributed by atoms with van der Waals surface area (Å²) in [5.41, 5.74) is 2.92. The Labute approximate surface area is 228 Å². The molecule has 0 saturated carbocycles. The largest absolute Gasteiger partial charge is 0.492 e. The van der Waals surface area contributed by atoms with Gasteiger partial charge in [-0.2, -0.15) is 0 Å². The highest BCUT2D eigenvalue weighted by Gasteiger charge is 2.28. The van der Waals surface area contributed by atoms with Gasteiger partial charge in [-0.3, -0.25) is 0 Å². The van der Waals surface area contributed by atoms with Crippen molar-refractivity contribution in [2.75, 3.05) is 13.2 Å². The topological polar surface area (TPSA) is 18.5 Å². The minimum absolute atomic E-state index is 0.637. The number of benzene rings is 2. The van der Waals surface area contributed by atoms with E-state index in [9.17, 15) is 0 Å². The van der Waals surface area contributed by atoms with Crippen LogP contribution in [0.25, 0.3) is 10.8 Å². The van der Waals surface area contributed by atoms with Gasteiger partial charge in [-0.15, -0.1) is 0 Å². The Morgan fingerprint density at radius 1 is 0.703 bits per heavy atom. The molecule has 0 fully saturated rings. The van der Waals surface area contributed by atoms with E-state index >= 15 is 0 Å². The molecule has 3 atom stereocenters. The molecule has 0 amide bonds. The van der Waals surface area contributed by atoms with Crippen LogP contribution in [-0.2, 0) is 12.8 Å². The molecule has 0 heterocycles. The van der Waals surface area contributed by atoms with Gasteiger partial charge in [-0.1, -0.05) is 123 Å². The minimum Gasteiger partial charge on any atom is -0.492 e. The van der Waals surface area contributed by atoms with E-state index in [1.54, 1.807) is 0 Å². The summed E-state index contributed by atoms with van der Waals surface area (Å²) in [5, 5.41) is 2.52. The SMILES string of the molecule is CCCCCC1CCc2c(c(OCC(CC)CCCC)c3ccccc3c2OCC(CC)CCCC)C1. The molecular weight excluding hydrogens is 452 g/mol. The normalized spacial score (nSPS) is 16.9. The Bertz CT molecular complexity index is 917. The third-order valence-electron chi connectivity index (χ3n) is 8.85. The molecule has 2 aromatic rings. The van der Waals surface area contributed by atoms with E-state index in [2.05, 4.69) is 58.9 Å². The Morgan fingerprint density at radius 3 is 1.76 bits per heavy atom. The van der Waals surface area contributed by atoms with Crippen LogP contribution < -0.4 is 9.47 Å². The molecule has 0 aliphatic heterocycles. The number of hydrogen-bond donors (Lipinski definition) is 0. The van der Waals surface area contributed by atoms with Gasteiger partial charge < -0.3 is 9.47 Å². The lowest BCUT2D eigenvalue weighted by Crippen LogP contribution is -2.20. The summed E-state index contributed by atoms with van der Waals surface area (Å²) in [4.78, 5) is 0. The molecular formula is C35H56O2. The number of rotatable bonds is 18. The van der Waals surface area contributed by atoms with Crippen molar-refractivity contribution in [3.05, 3.63) is 35.4 Å². The molecule has 2 heteroatoms. The van der Waals surface area contributed by atoms with Gasteiger partial charge in [0.2, 0.25) is 0 Å². The maximum atomic E-state index is 6.84. The maximum absolute atomic E-state index is 6.84. The van der Waals surface area contributed by atoms with Crippen molar-refractivity contribution >= 4 is 10.8 Å². The lowest BCUT2D eigenvalue weighted by molar-refractivity contribution is 0.225. The summed E-state index contributed by atoms with van der Waals surface area (Å²) >= 11 is 0. The quantitative estimate of drug-likeness (QED) is 0.186. The van der Waals surface area contributed by atoms with Crippen molar-refractivity contribution in [2.45, 2.75) is 131 Å². The number of ether oxygens (including phenoxy) is 2. The number of fused-ring (bicyclic) bond motifs is 2. The molecule has 1 aliphatic carbocycles. The van der Waals surface area contributed by atoms with Crippen LogP contribution in [0.3, 0.4) is 0 Å². The molecule has 3 rings (SSSR count). The fraction of sp³-hybridized carbons (Fsp3) is 0.714. The molecule has 0 spiro atoms. The van der Waals surface area contributed by atoms with E-state index in [1.165, 1.54) is 111 Å². The van der Waals surface area contributed by atoms with Crippen LogP contribution in [0, 0.1) is 17.8 Å². The van der Waals surface area contributed by atoms with E-state index in [0.29, 0.717) is 11.8 Å². The predicted molar refractivity (Wildman–Crippen MR) is 161 cm³/mol. The van der Waals surface area contributed by atoms with Gasteiger partial charge in [0.15, 0.2) is 0 Å². The zero-order valence-electron chi connectivity index (χ0n) is 24.9. The highest BCUT2D eigenvalue weighted by molar-refractivity contribution is 5.96. The third kappa shape index (κ3) is 8.39. The van der Waals surface area contributed by atoms with Crippen molar-refractivity contribution in [1.82, 2.24) is 0 Å². The van der Waals surface area contributed by atoms with Crippen molar-refractivity contribution in [3.8, 4) is 11.5 Å². The zero-order chi connectivity index (χ0) is 26.5. The first-order valence-electron chi connectivity index (χ1n) is 16.0. The van der Waals surface area contributed by atoms with Gasteiger partial charge in [-0.05, 0) is 49.9 Å². The standard InChI is InChI=1S/C35H56O2/c1-6-11-14-19-29-22-23-32-33(24-29)35(37-26-28(10-5)18-13-8-3)31-21-16-15-20-30(31)34(32)36-25-27(9-4)17-12-7-2/h15-16,20-21,27-29H,6-14,17-19,22-26H2,1-5H3. The van der Waals surface area contributed by atoms with Gasteiger partial charge in [0.05, 0.1) is 13.2 Å². The lowest BCUT2D eigenvalue weighted by atomic mass is 9.79. The van der Waals surface area contributed by atoms with Crippen molar-refractivity contribution in [3.63, 3.8) is 0 Å². The van der Waals surface area contributed by atoms with Gasteiger partial charge in [0.25, 0.3) is 0 Å². The van der Waals surface area contributed by atoms with Gasteiger partial charge >= 0.3 is 0 Å².